The lowest BCUT2D eigenvalue weighted by Crippen LogP contribution is -2.12. The average Bonchev–Trinajstić information content (AvgIpc) is 3.16. The number of hydrogen-bond acceptors (Lipinski definition) is 4. The van der Waals surface area contributed by atoms with E-state index in [-0.39, 0.29) is 4.90 Å². The van der Waals surface area contributed by atoms with Crippen molar-refractivity contribution in [3.8, 4) is 0 Å². The van der Waals surface area contributed by atoms with Crippen LogP contribution in [0.4, 0.5) is 0 Å². The first-order chi connectivity index (χ1) is 11.9. The highest BCUT2D eigenvalue weighted by molar-refractivity contribution is 7.90. The molecule has 0 aliphatic carbocycles. The van der Waals surface area contributed by atoms with Crippen LogP contribution in [0.2, 0.25) is 0 Å². The normalized spacial score (nSPS) is 12.3. The Kier molecular flexibility index (Phi) is 3.43. The van der Waals surface area contributed by atoms with Gasteiger partial charge in [-0.2, -0.15) is 5.10 Å². The molecule has 3 heterocycles. The molecular weight excluding hydrogens is 336 g/mol. The number of rotatable bonds is 3. The third-order valence-corrected chi connectivity index (χ3v) is 6.18. The summed E-state index contributed by atoms with van der Waals surface area (Å²) in [5.74, 6) is 0. The van der Waals surface area contributed by atoms with Gasteiger partial charge in [-0.1, -0.05) is 24.6 Å². The Hall–Kier alpha value is -2.67. The highest BCUT2D eigenvalue weighted by Crippen LogP contribution is 2.30. The highest BCUT2D eigenvalue weighted by Gasteiger charge is 2.23. The Labute approximate surface area is 145 Å². The van der Waals surface area contributed by atoms with Crippen molar-refractivity contribution in [1.29, 1.82) is 0 Å². The molecule has 0 radical (unpaired) electrons. The third-order valence-electron chi connectivity index (χ3n) is 4.52. The summed E-state index contributed by atoms with van der Waals surface area (Å²) in [6, 6.07) is 6.85. The second-order valence-electron chi connectivity index (χ2n) is 6.15. The van der Waals surface area contributed by atoms with Crippen molar-refractivity contribution in [3.63, 3.8) is 0 Å². The number of aryl methyl sites for hydroxylation is 3. The number of aromatic nitrogens is 4. The van der Waals surface area contributed by atoms with Gasteiger partial charge in [0.15, 0.2) is 5.65 Å². The molecule has 0 spiro atoms. The molecule has 0 amide bonds. The van der Waals surface area contributed by atoms with Crippen LogP contribution < -0.4 is 0 Å². The van der Waals surface area contributed by atoms with E-state index in [1.807, 2.05) is 20.9 Å². The average molecular weight is 354 g/mol. The molecule has 0 unspecified atom stereocenters. The molecule has 6 nitrogen and oxygen atoms in total. The van der Waals surface area contributed by atoms with Gasteiger partial charge in [0.1, 0.15) is 0 Å². The zero-order chi connectivity index (χ0) is 17.8. The van der Waals surface area contributed by atoms with Crippen molar-refractivity contribution in [2.75, 3.05) is 0 Å². The molecule has 0 N–H and O–H groups in total. The monoisotopic (exact) mass is 354 g/mol. The predicted molar refractivity (Wildman–Crippen MR) is 97.1 cm³/mol. The molecule has 0 aliphatic rings. The van der Waals surface area contributed by atoms with E-state index in [4.69, 9.17) is 0 Å². The number of benzene rings is 1. The minimum absolute atomic E-state index is 0.254. The molecule has 4 rings (SSSR count). The molecule has 128 valence electrons. The predicted octanol–water partition coefficient (Wildman–Crippen LogP) is 3.03. The molecule has 0 saturated heterocycles. The number of hydrogen-bond donors (Lipinski definition) is 0. The first-order valence-electron chi connectivity index (χ1n) is 8.06. The lowest BCUT2D eigenvalue weighted by molar-refractivity contribution is 0.588. The van der Waals surface area contributed by atoms with Crippen molar-refractivity contribution in [2.45, 2.75) is 25.2 Å². The van der Waals surface area contributed by atoms with E-state index in [9.17, 15) is 8.42 Å². The van der Waals surface area contributed by atoms with Crippen LogP contribution in [0, 0.1) is 6.92 Å². The maximum atomic E-state index is 13.1. The minimum atomic E-state index is -3.71. The maximum Gasteiger partial charge on any atom is 0.269 e. The van der Waals surface area contributed by atoms with Gasteiger partial charge in [-0.3, -0.25) is 4.68 Å². The molecule has 4 aromatic rings. The summed E-state index contributed by atoms with van der Waals surface area (Å²) >= 11 is 0. The largest absolute Gasteiger partial charge is 0.269 e. The number of nitrogens with zero attached hydrogens (tertiary/aromatic N) is 4. The van der Waals surface area contributed by atoms with E-state index in [1.54, 1.807) is 47.5 Å². The molecule has 0 saturated carbocycles. The summed E-state index contributed by atoms with van der Waals surface area (Å²) in [5, 5.41) is 6.02. The fraction of sp³-hybridized carbons (Fsp3) is 0.222. The van der Waals surface area contributed by atoms with Gasteiger partial charge in [0.25, 0.3) is 10.0 Å². The quantitative estimate of drug-likeness (QED) is 0.567. The standard InChI is InChI=1S/C18H18N4O2S/c1-4-13-11-22(25(23,24)15-7-5-12(2)6-8-15)18-16(13)17-14(9-19-18)10-20-21(17)3/h5-11H,4H2,1-3H3. The van der Waals surface area contributed by atoms with Gasteiger partial charge in [-0.15, -0.1) is 0 Å². The van der Waals surface area contributed by atoms with E-state index in [2.05, 4.69) is 10.1 Å². The Bertz CT molecular complexity index is 1200. The molecule has 1 aromatic carbocycles. The molecule has 0 aliphatic heterocycles. The summed E-state index contributed by atoms with van der Waals surface area (Å²) in [6.45, 7) is 3.93. The Morgan fingerprint density at radius 1 is 1.12 bits per heavy atom. The van der Waals surface area contributed by atoms with Crippen molar-refractivity contribution in [3.05, 3.63) is 54.0 Å². The zero-order valence-electron chi connectivity index (χ0n) is 14.3. The van der Waals surface area contributed by atoms with Gasteiger partial charge in [-0.05, 0) is 31.0 Å². The summed E-state index contributed by atoms with van der Waals surface area (Å²) in [5.41, 5.74) is 3.29. The van der Waals surface area contributed by atoms with Crippen LogP contribution in [0.1, 0.15) is 18.1 Å². The smallest absolute Gasteiger partial charge is 0.267 e. The first-order valence-corrected chi connectivity index (χ1v) is 9.50. The summed E-state index contributed by atoms with van der Waals surface area (Å²) < 4.78 is 29.4. The van der Waals surface area contributed by atoms with Crippen molar-refractivity contribution < 1.29 is 8.42 Å². The van der Waals surface area contributed by atoms with Gasteiger partial charge in [0, 0.05) is 30.2 Å². The fourth-order valence-electron chi connectivity index (χ4n) is 3.16. The SMILES string of the molecule is CCc1cn(S(=O)(=O)c2ccc(C)cc2)c2ncc3cnn(C)c3c12. The molecule has 3 aromatic heterocycles. The lowest BCUT2D eigenvalue weighted by Gasteiger charge is -2.07. The Morgan fingerprint density at radius 2 is 1.84 bits per heavy atom. The molecular formula is C18H18N4O2S. The second kappa shape index (κ2) is 5.42. The lowest BCUT2D eigenvalue weighted by atomic mass is 10.1. The highest BCUT2D eigenvalue weighted by atomic mass is 32.2. The third kappa shape index (κ3) is 2.26. The van der Waals surface area contributed by atoms with E-state index in [0.717, 1.165) is 27.4 Å². The summed E-state index contributed by atoms with van der Waals surface area (Å²) in [7, 11) is -1.86. The van der Waals surface area contributed by atoms with E-state index < -0.39 is 10.0 Å². The van der Waals surface area contributed by atoms with Gasteiger partial charge >= 0.3 is 0 Å². The topological polar surface area (TPSA) is 69.8 Å². The van der Waals surface area contributed by atoms with Crippen LogP contribution in [0.3, 0.4) is 0 Å². The first kappa shape index (κ1) is 15.8. The van der Waals surface area contributed by atoms with Gasteiger partial charge in [0.2, 0.25) is 0 Å². The van der Waals surface area contributed by atoms with Crippen molar-refractivity contribution >= 4 is 32.0 Å². The molecule has 25 heavy (non-hydrogen) atoms. The van der Waals surface area contributed by atoms with Crippen LogP contribution in [0.5, 0.6) is 0 Å². The van der Waals surface area contributed by atoms with E-state index >= 15 is 0 Å². The Balaban J connectivity index is 2.07. The van der Waals surface area contributed by atoms with Gasteiger partial charge in [0.05, 0.1) is 16.6 Å². The van der Waals surface area contributed by atoms with Crippen LogP contribution in [0.15, 0.2) is 47.8 Å². The van der Waals surface area contributed by atoms with Gasteiger partial charge < -0.3 is 0 Å². The minimum Gasteiger partial charge on any atom is -0.267 e. The Morgan fingerprint density at radius 3 is 2.52 bits per heavy atom. The van der Waals surface area contributed by atoms with Crippen LogP contribution in [0.25, 0.3) is 21.9 Å². The maximum absolute atomic E-state index is 13.1. The van der Waals surface area contributed by atoms with E-state index in [0.29, 0.717) is 12.1 Å². The second-order valence-corrected chi connectivity index (χ2v) is 7.97. The number of fused-ring (bicyclic) bond motifs is 3. The van der Waals surface area contributed by atoms with Crippen LogP contribution in [-0.4, -0.2) is 27.2 Å². The van der Waals surface area contributed by atoms with Crippen molar-refractivity contribution in [2.24, 2.45) is 7.05 Å². The molecule has 0 atom stereocenters. The number of pyridine rings is 1. The molecule has 7 heteroatoms. The zero-order valence-corrected chi connectivity index (χ0v) is 15.1. The summed E-state index contributed by atoms with van der Waals surface area (Å²) in [6.07, 6.45) is 5.80. The molecule has 0 fully saturated rings. The molecule has 0 bridgehead atoms. The summed E-state index contributed by atoms with van der Waals surface area (Å²) in [4.78, 5) is 4.69. The fourth-order valence-corrected chi connectivity index (χ4v) is 4.50. The van der Waals surface area contributed by atoms with Crippen LogP contribution in [-0.2, 0) is 23.5 Å². The van der Waals surface area contributed by atoms with Crippen molar-refractivity contribution in [1.82, 2.24) is 18.7 Å². The van der Waals surface area contributed by atoms with Crippen LogP contribution >= 0.6 is 0 Å². The van der Waals surface area contributed by atoms with E-state index in [1.165, 1.54) is 3.97 Å². The van der Waals surface area contributed by atoms with Gasteiger partial charge in [-0.25, -0.2) is 17.4 Å².